The van der Waals surface area contributed by atoms with E-state index in [2.05, 4.69) is 15.5 Å². The lowest BCUT2D eigenvalue weighted by molar-refractivity contribution is -0.114. The molecule has 12 heteroatoms. The van der Waals surface area contributed by atoms with E-state index >= 15 is 0 Å². The first-order valence-electron chi connectivity index (χ1n) is 6.89. The summed E-state index contributed by atoms with van der Waals surface area (Å²) in [5, 5.41) is 11.1. The maximum Gasteiger partial charge on any atom is 0.246 e. The highest BCUT2D eigenvalue weighted by Crippen LogP contribution is 2.31. The fourth-order valence-corrected chi connectivity index (χ4v) is 4.75. The van der Waals surface area contributed by atoms with Crippen LogP contribution >= 0.6 is 46.3 Å². The third-order valence-electron chi connectivity index (χ3n) is 2.79. The fourth-order valence-electron chi connectivity index (χ4n) is 1.79. The fraction of sp³-hybridized carbons (Fsp3) is 0.308. The zero-order valence-corrected chi connectivity index (χ0v) is 17.2. The molecule has 1 aromatic heterocycles. The molecule has 136 valence electrons. The van der Waals surface area contributed by atoms with Crippen LogP contribution in [0.25, 0.3) is 0 Å². The molecule has 2 rings (SSSR count). The third kappa shape index (κ3) is 5.71. The van der Waals surface area contributed by atoms with E-state index in [-0.39, 0.29) is 10.7 Å². The van der Waals surface area contributed by atoms with Crippen molar-refractivity contribution in [1.29, 1.82) is 0 Å². The van der Waals surface area contributed by atoms with Crippen molar-refractivity contribution in [1.82, 2.24) is 10.2 Å². The van der Waals surface area contributed by atoms with E-state index < -0.39 is 22.5 Å². The SMILES string of the molecule is CCSc1nnc(NC(=O)CN(c2cc(Cl)ccc2Cl)S(C)(=O)=O)s1. The molecule has 0 radical (unpaired) electrons. The van der Waals surface area contributed by atoms with E-state index in [1.807, 2.05) is 6.92 Å². The molecule has 0 aliphatic rings. The van der Waals surface area contributed by atoms with Gasteiger partial charge in [0, 0.05) is 5.02 Å². The van der Waals surface area contributed by atoms with E-state index in [9.17, 15) is 13.2 Å². The molecule has 0 bridgehead atoms. The van der Waals surface area contributed by atoms with Crippen LogP contribution in [0.2, 0.25) is 10.0 Å². The molecule has 2 aromatic rings. The highest BCUT2D eigenvalue weighted by Gasteiger charge is 2.24. The molecule has 0 fully saturated rings. The summed E-state index contributed by atoms with van der Waals surface area (Å²) in [6.07, 6.45) is 0.985. The van der Waals surface area contributed by atoms with Crippen molar-refractivity contribution >= 4 is 73.0 Å². The van der Waals surface area contributed by atoms with Gasteiger partial charge < -0.3 is 0 Å². The Morgan fingerprint density at radius 3 is 2.72 bits per heavy atom. The number of nitrogens with zero attached hydrogens (tertiary/aromatic N) is 3. The first-order chi connectivity index (χ1) is 11.7. The molecule has 1 heterocycles. The van der Waals surface area contributed by atoms with Crippen LogP contribution in [0.3, 0.4) is 0 Å². The van der Waals surface area contributed by atoms with Gasteiger partial charge in [0.1, 0.15) is 6.54 Å². The lowest BCUT2D eigenvalue weighted by atomic mass is 10.3. The number of sulfonamides is 1. The maximum absolute atomic E-state index is 12.2. The van der Waals surface area contributed by atoms with Gasteiger partial charge in [-0.2, -0.15) is 0 Å². The van der Waals surface area contributed by atoms with Gasteiger partial charge in [0.05, 0.1) is 17.0 Å². The predicted molar refractivity (Wildman–Crippen MR) is 104 cm³/mol. The summed E-state index contributed by atoms with van der Waals surface area (Å²) in [4.78, 5) is 12.2. The molecule has 0 aliphatic carbocycles. The summed E-state index contributed by atoms with van der Waals surface area (Å²) in [5.41, 5.74) is 0.131. The first-order valence-corrected chi connectivity index (χ1v) is 11.3. The van der Waals surface area contributed by atoms with Crippen molar-refractivity contribution in [2.24, 2.45) is 0 Å². The number of carbonyl (C=O) groups is 1. The Morgan fingerprint density at radius 1 is 1.36 bits per heavy atom. The Hall–Kier alpha value is -1.07. The monoisotopic (exact) mass is 440 g/mol. The largest absolute Gasteiger partial charge is 0.299 e. The van der Waals surface area contributed by atoms with Gasteiger partial charge in [-0.25, -0.2) is 8.42 Å². The smallest absolute Gasteiger partial charge is 0.246 e. The van der Waals surface area contributed by atoms with Crippen LogP contribution < -0.4 is 9.62 Å². The first kappa shape index (κ1) is 20.2. The average Bonchev–Trinajstić information content (AvgIpc) is 2.94. The molecule has 0 saturated carbocycles. The molecule has 0 aliphatic heterocycles. The average molecular weight is 441 g/mol. The quantitative estimate of drug-likeness (QED) is 0.523. The summed E-state index contributed by atoms with van der Waals surface area (Å²) in [6.45, 7) is 1.51. The van der Waals surface area contributed by atoms with Gasteiger partial charge in [0.25, 0.3) is 0 Å². The highest BCUT2D eigenvalue weighted by molar-refractivity contribution is 8.01. The molecule has 1 N–H and O–H groups in total. The van der Waals surface area contributed by atoms with Crippen LogP contribution in [0.4, 0.5) is 10.8 Å². The molecule has 7 nitrogen and oxygen atoms in total. The van der Waals surface area contributed by atoms with Crippen molar-refractivity contribution < 1.29 is 13.2 Å². The van der Waals surface area contributed by atoms with E-state index in [4.69, 9.17) is 23.2 Å². The molecule has 0 saturated heterocycles. The normalized spacial score (nSPS) is 11.4. The Morgan fingerprint density at radius 2 is 2.08 bits per heavy atom. The number of nitrogens with one attached hydrogen (secondary N) is 1. The van der Waals surface area contributed by atoms with Gasteiger partial charge >= 0.3 is 0 Å². The van der Waals surface area contributed by atoms with Crippen molar-refractivity contribution in [2.45, 2.75) is 11.3 Å². The van der Waals surface area contributed by atoms with Gasteiger partial charge in [-0.15, -0.1) is 10.2 Å². The zero-order valence-electron chi connectivity index (χ0n) is 13.2. The minimum Gasteiger partial charge on any atom is -0.299 e. The van der Waals surface area contributed by atoms with Crippen LogP contribution in [0, 0.1) is 0 Å². The lowest BCUT2D eigenvalue weighted by Gasteiger charge is -2.22. The van der Waals surface area contributed by atoms with Gasteiger partial charge in [0.15, 0.2) is 4.34 Å². The Bertz CT molecular complexity index is 873. The number of amides is 1. The number of rotatable bonds is 7. The van der Waals surface area contributed by atoms with Crippen LogP contribution in [0.1, 0.15) is 6.92 Å². The topological polar surface area (TPSA) is 92.3 Å². The number of hydrogen-bond donors (Lipinski definition) is 1. The summed E-state index contributed by atoms with van der Waals surface area (Å²) >= 11 is 14.7. The van der Waals surface area contributed by atoms with Crippen LogP contribution in [-0.2, 0) is 14.8 Å². The number of carbonyl (C=O) groups excluding carboxylic acids is 1. The minimum absolute atomic E-state index is 0.131. The van der Waals surface area contributed by atoms with E-state index in [1.165, 1.54) is 41.3 Å². The number of thioether (sulfide) groups is 1. The molecule has 25 heavy (non-hydrogen) atoms. The van der Waals surface area contributed by atoms with Crippen molar-refractivity contribution in [3.63, 3.8) is 0 Å². The van der Waals surface area contributed by atoms with Crippen LogP contribution in [0.15, 0.2) is 22.5 Å². The van der Waals surface area contributed by atoms with Crippen molar-refractivity contribution in [3.05, 3.63) is 28.2 Å². The van der Waals surface area contributed by atoms with Crippen molar-refractivity contribution in [3.8, 4) is 0 Å². The third-order valence-corrected chi connectivity index (χ3v) is 6.32. The molecule has 0 unspecified atom stereocenters. The molecule has 1 aromatic carbocycles. The van der Waals surface area contributed by atoms with Crippen LogP contribution in [-0.4, -0.2) is 43.1 Å². The van der Waals surface area contributed by atoms with Gasteiger partial charge in [-0.05, 0) is 24.0 Å². The Kier molecular flexibility index (Phi) is 6.92. The zero-order chi connectivity index (χ0) is 18.6. The molecular weight excluding hydrogens is 427 g/mol. The predicted octanol–water partition coefficient (Wildman–Crippen LogP) is 3.36. The molecule has 0 atom stereocenters. The van der Waals surface area contributed by atoms with Gasteiger partial charge in [0.2, 0.25) is 21.1 Å². The van der Waals surface area contributed by atoms with Gasteiger partial charge in [-0.3, -0.25) is 14.4 Å². The van der Waals surface area contributed by atoms with E-state index in [0.29, 0.717) is 10.2 Å². The number of anilines is 2. The standard InChI is InChI=1S/C13H14Cl2N4O3S3/c1-3-23-13-18-17-12(24-13)16-11(20)7-19(25(2,21)22)10-6-8(14)4-5-9(10)15/h4-6H,3,7H2,1-2H3,(H,16,17,20). The second kappa shape index (κ2) is 8.54. The summed E-state index contributed by atoms with van der Waals surface area (Å²) in [7, 11) is -3.76. The van der Waals surface area contributed by atoms with Gasteiger partial charge in [-0.1, -0.05) is 53.2 Å². The molecule has 0 spiro atoms. The Balaban J connectivity index is 2.19. The molecule has 1 amide bonds. The summed E-state index contributed by atoms with van der Waals surface area (Å²) < 4.78 is 25.8. The summed E-state index contributed by atoms with van der Waals surface area (Å²) in [6, 6.07) is 4.38. The Labute approximate surface area is 163 Å². The second-order valence-corrected chi connectivity index (χ2v) is 9.96. The second-order valence-electron chi connectivity index (χ2n) is 4.72. The maximum atomic E-state index is 12.2. The number of aromatic nitrogens is 2. The highest BCUT2D eigenvalue weighted by atomic mass is 35.5. The lowest BCUT2D eigenvalue weighted by Crippen LogP contribution is -2.37. The van der Waals surface area contributed by atoms with E-state index in [1.54, 1.807) is 0 Å². The van der Waals surface area contributed by atoms with E-state index in [0.717, 1.165) is 20.7 Å². The number of benzene rings is 1. The van der Waals surface area contributed by atoms with Crippen LogP contribution in [0.5, 0.6) is 0 Å². The number of hydrogen-bond acceptors (Lipinski definition) is 7. The molecular formula is C13H14Cl2N4O3S3. The summed E-state index contributed by atoms with van der Waals surface area (Å²) in [5.74, 6) is 0.267. The van der Waals surface area contributed by atoms with Crippen molar-refractivity contribution in [2.75, 3.05) is 28.2 Å². The number of halogens is 2. The minimum atomic E-state index is -3.76.